The predicted octanol–water partition coefficient (Wildman–Crippen LogP) is 2.04. The van der Waals surface area contributed by atoms with E-state index in [0.29, 0.717) is 5.56 Å². The van der Waals surface area contributed by atoms with E-state index in [9.17, 15) is 18.0 Å². The van der Waals surface area contributed by atoms with Crippen LogP contribution in [0.15, 0.2) is 23.1 Å². The molecular formula is C19H26N2O5S. The average Bonchev–Trinajstić information content (AvgIpc) is 3.44. The van der Waals surface area contributed by atoms with E-state index in [-0.39, 0.29) is 35.1 Å². The maximum Gasteiger partial charge on any atom is 0.338 e. The molecule has 27 heavy (non-hydrogen) atoms. The number of rotatable bonds is 7. The summed E-state index contributed by atoms with van der Waals surface area (Å²) in [6, 6.07) is 4.51. The van der Waals surface area contributed by atoms with E-state index in [0.717, 1.165) is 44.9 Å². The minimum Gasteiger partial charge on any atom is -0.452 e. The lowest BCUT2D eigenvalue weighted by Gasteiger charge is -2.22. The molecule has 3 rings (SSSR count). The van der Waals surface area contributed by atoms with Gasteiger partial charge in [0.15, 0.2) is 6.61 Å². The minimum atomic E-state index is -3.71. The molecule has 0 heterocycles. The van der Waals surface area contributed by atoms with Gasteiger partial charge in [0.2, 0.25) is 10.0 Å². The smallest absolute Gasteiger partial charge is 0.338 e. The van der Waals surface area contributed by atoms with E-state index < -0.39 is 16.0 Å². The Morgan fingerprint density at radius 1 is 1.07 bits per heavy atom. The summed E-state index contributed by atoms with van der Waals surface area (Å²) in [4.78, 5) is 24.0. The van der Waals surface area contributed by atoms with Gasteiger partial charge in [0.05, 0.1) is 10.5 Å². The summed E-state index contributed by atoms with van der Waals surface area (Å²) in [5.74, 6) is -1.04. The highest BCUT2D eigenvalue weighted by Crippen LogP contribution is 2.22. The van der Waals surface area contributed by atoms with E-state index in [4.69, 9.17) is 4.74 Å². The second-order valence-corrected chi connectivity index (χ2v) is 9.06. The molecule has 0 aromatic heterocycles. The molecule has 2 fully saturated rings. The molecule has 0 bridgehead atoms. The topological polar surface area (TPSA) is 102 Å². The zero-order valence-corrected chi connectivity index (χ0v) is 16.3. The first-order valence-corrected chi connectivity index (χ1v) is 10.9. The standard InChI is InChI=1S/C19H26N2O5S/c1-13-7-10-16(27(24,25)21-15-5-3-2-4-6-15)11-17(13)19(23)26-12-18(22)20-14-8-9-14/h7,10-11,14-15,21H,2-6,8-9,12H2,1H3,(H,20,22). The molecule has 2 aliphatic carbocycles. The van der Waals surface area contributed by atoms with Crippen molar-refractivity contribution in [1.82, 2.24) is 10.0 Å². The zero-order valence-electron chi connectivity index (χ0n) is 15.5. The molecule has 0 radical (unpaired) electrons. The molecule has 0 saturated heterocycles. The van der Waals surface area contributed by atoms with Crippen LogP contribution in [-0.2, 0) is 19.6 Å². The molecule has 0 atom stereocenters. The van der Waals surface area contributed by atoms with Crippen LogP contribution in [0.1, 0.15) is 60.9 Å². The van der Waals surface area contributed by atoms with Crippen molar-refractivity contribution in [1.29, 1.82) is 0 Å². The first-order valence-electron chi connectivity index (χ1n) is 9.44. The quantitative estimate of drug-likeness (QED) is 0.689. The largest absolute Gasteiger partial charge is 0.452 e. The van der Waals surface area contributed by atoms with Gasteiger partial charge >= 0.3 is 5.97 Å². The maximum atomic E-state index is 12.7. The van der Waals surface area contributed by atoms with Crippen molar-refractivity contribution in [2.75, 3.05) is 6.61 Å². The number of hydrogen-bond acceptors (Lipinski definition) is 5. The summed E-state index contributed by atoms with van der Waals surface area (Å²) in [6.45, 7) is 1.33. The minimum absolute atomic E-state index is 0.0352. The molecule has 8 heteroatoms. The molecule has 148 valence electrons. The number of carbonyl (C=O) groups is 2. The number of esters is 1. The Labute approximate surface area is 159 Å². The highest BCUT2D eigenvalue weighted by Gasteiger charge is 2.25. The van der Waals surface area contributed by atoms with Crippen LogP contribution in [0.3, 0.4) is 0 Å². The van der Waals surface area contributed by atoms with Crippen molar-refractivity contribution in [2.45, 2.75) is 68.8 Å². The lowest BCUT2D eigenvalue weighted by atomic mass is 9.96. The van der Waals surface area contributed by atoms with Gasteiger partial charge in [-0.15, -0.1) is 0 Å². The van der Waals surface area contributed by atoms with Crippen molar-refractivity contribution in [3.8, 4) is 0 Å². The van der Waals surface area contributed by atoms with Gasteiger partial charge in [-0.3, -0.25) is 4.79 Å². The van der Waals surface area contributed by atoms with Gasteiger partial charge in [0.25, 0.3) is 5.91 Å². The van der Waals surface area contributed by atoms with E-state index in [1.54, 1.807) is 13.0 Å². The first kappa shape index (κ1) is 19.8. The molecular weight excluding hydrogens is 368 g/mol. The number of nitrogens with one attached hydrogen (secondary N) is 2. The Bertz CT molecular complexity index is 811. The third kappa shape index (κ3) is 5.52. The van der Waals surface area contributed by atoms with Crippen LogP contribution in [-0.4, -0.2) is 39.0 Å². The van der Waals surface area contributed by atoms with Crippen molar-refractivity contribution in [2.24, 2.45) is 0 Å². The van der Waals surface area contributed by atoms with Gasteiger partial charge in [-0.2, -0.15) is 0 Å². The number of sulfonamides is 1. The summed E-state index contributed by atoms with van der Waals surface area (Å²) in [7, 11) is -3.71. The van der Waals surface area contributed by atoms with Crippen LogP contribution >= 0.6 is 0 Å². The maximum absolute atomic E-state index is 12.7. The Kier molecular flexibility index (Phi) is 6.16. The molecule has 0 aliphatic heterocycles. The van der Waals surface area contributed by atoms with Crippen molar-refractivity contribution in [3.63, 3.8) is 0 Å². The SMILES string of the molecule is Cc1ccc(S(=O)(=O)NC2CCCCC2)cc1C(=O)OCC(=O)NC1CC1. The third-order valence-electron chi connectivity index (χ3n) is 4.94. The lowest BCUT2D eigenvalue weighted by molar-refractivity contribution is -0.124. The molecule has 1 amide bonds. The van der Waals surface area contributed by atoms with Crippen LogP contribution in [0.25, 0.3) is 0 Å². The summed E-state index contributed by atoms with van der Waals surface area (Å²) in [6.07, 6.45) is 6.72. The van der Waals surface area contributed by atoms with E-state index in [2.05, 4.69) is 10.0 Å². The van der Waals surface area contributed by atoms with Crippen LogP contribution < -0.4 is 10.0 Å². The molecule has 2 saturated carbocycles. The number of carbonyl (C=O) groups excluding carboxylic acids is 2. The molecule has 0 unspecified atom stereocenters. The monoisotopic (exact) mass is 394 g/mol. The van der Waals surface area contributed by atoms with Gasteiger partial charge in [-0.25, -0.2) is 17.9 Å². The fourth-order valence-corrected chi connectivity index (χ4v) is 4.53. The van der Waals surface area contributed by atoms with Gasteiger partial charge in [-0.1, -0.05) is 25.3 Å². The third-order valence-corrected chi connectivity index (χ3v) is 6.46. The number of amides is 1. The summed E-state index contributed by atoms with van der Waals surface area (Å²) in [5.41, 5.74) is 0.750. The van der Waals surface area contributed by atoms with Gasteiger partial charge < -0.3 is 10.1 Å². The fraction of sp³-hybridized carbons (Fsp3) is 0.579. The molecule has 2 aliphatic rings. The van der Waals surface area contributed by atoms with Gasteiger partial charge in [0.1, 0.15) is 0 Å². The number of ether oxygens (including phenoxy) is 1. The highest BCUT2D eigenvalue weighted by molar-refractivity contribution is 7.89. The summed E-state index contributed by atoms with van der Waals surface area (Å²) < 4.78 is 33.1. The molecule has 7 nitrogen and oxygen atoms in total. The number of hydrogen-bond donors (Lipinski definition) is 2. The summed E-state index contributed by atoms with van der Waals surface area (Å²) in [5, 5.41) is 2.73. The van der Waals surface area contributed by atoms with Crippen molar-refractivity contribution >= 4 is 21.9 Å². The fourth-order valence-electron chi connectivity index (χ4n) is 3.20. The normalized spacial score (nSPS) is 18.1. The highest BCUT2D eigenvalue weighted by atomic mass is 32.2. The van der Waals surface area contributed by atoms with Crippen molar-refractivity contribution in [3.05, 3.63) is 29.3 Å². The first-order chi connectivity index (χ1) is 12.8. The Hall–Kier alpha value is -1.93. The van der Waals surface area contributed by atoms with E-state index in [1.165, 1.54) is 12.1 Å². The van der Waals surface area contributed by atoms with Crippen LogP contribution in [0.2, 0.25) is 0 Å². The zero-order chi connectivity index (χ0) is 19.4. The number of aryl methyl sites for hydroxylation is 1. The molecule has 2 N–H and O–H groups in total. The van der Waals surface area contributed by atoms with Crippen LogP contribution in [0.4, 0.5) is 0 Å². The van der Waals surface area contributed by atoms with E-state index in [1.807, 2.05) is 0 Å². The molecule has 1 aromatic rings. The average molecular weight is 394 g/mol. The Morgan fingerprint density at radius 2 is 1.78 bits per heavy atom. The second kappa shape index (κ2) is 8.39. The predicted molar refractivity (Wildman–Crippen MR) is 99.8 cm³/mol. The van der Waals surface area contributed by atoms with Crippen LogP contribution in [0.5, 0.6) is 0 Å². The Morgan fingerprint density at radius 3 is 2.44 bits per heavy atom. The van der Waals surface area contributed by atoms with Crippen molar-refractivity contribution < 1.29 is 22.7 Å². The van der Waals surface area contributed by atoms with E-state index >= 15 is 0 Å². The number of benzene rings is 1. The van der Waals surface area contributed by atoms with Crippen LogP contribution in [0, 0.1) is 6.92 Å². The lowest BCUT2D eigenvalue weighted by Crippen LogP contribution is -2.36. The Balaban J connectivity index is 1.66. The van der Waals surface area contributed by atoms with Gasteiger partial charge in [-0.05, 0) is 50.3 Å². The molecule has 1 aromatic carbocycles. The summed E-state index contributed by atoms with van der Waals surface area (Å²) >= 11 is 0. The second-order valence-electron chi connectivity index (χ2n) is 7.35. The molecule has 0 spiro atoms. The van der Waals surface area contributed by atoms with Gasteiger partial charge in [0, 0.05) is 12.1 Å².